The molecule has 6 rings (SSSR count). The molecule has 0 amide bonds. The molecule has 5 aromatic carbocycles. The van der Waals surface area contributed by atoms with Gasteiger partial charge in [0.2, 0.25) is 0 Å². The third-order valence-electron chi connectivity index (χ3n) is 7.56. The Labute approximate surface area is 225 Å². The van der Waals surface area contributed by atoms with Crippen molar-refractivity contribution in [3.05, 3.63) is 109 Å². The Hall–Kier alpha value is -3.53. The van der Waals surface area contributed by atoms with Crippen LogP contribution in [0.4, 0.5) is 0 Å². The summed E-state index contributed by atoms with van der Waals surface area (Å²) >= 11 is 13.5. The molecule has 0 unspecified atom stereocenters. The van der Waals surface area contributed by atoms with E-state index in [1.165, 1.54) is 0 Å². The first-order valence-corrected chi connectivity index (χ1v) is 12.9. The van der Waals surface area contributed by atoms with Crippen LogP contribution in [0.2, 0.25) is 0 Å². The second kappa shape index (κ2) is 8.79. The number of hydrogen-bond acceptors (Lipinski definition) is 3. The van der Waals surface area contributed by atoms with Gasteiger partial charge in [0, 0.05) is 17.0 Å². The van der Waals surface area contributed by atoms with Gasteiger partial charge in [-0.05, 0) is 46.2 Å². The van der Waals surface area contributed by atoms with Crippen LogP contribution in [-0.2, 0) is 4.79 Å². The number of halogens is 2. The SMILES string of the molecule is COc1ccc2ccccc2c1-c1c(OC(=O)[C@@]2(C)[C@H](c3ccccc3)C2(Cl)Cl)ccc2ccccc12. The van der Waals surface area contributed by atoms with Crippen molar-refractivity contribution >= 4 is 50.7 Å². The number of fused-ring (bicyclic) bond motifs is 2. The fourth-order valence-corrected chi connectivity index (χ4v) is 6.40. The molecule has 0 saturated heterocycles. The van der Waals surface area contributed by atoms with Gasteiger partial charge >= 0.3 is 5.97 Å². The van der Waals surface area contributed by atoms with E-state index >= 15 is 0 Å². The van der Waals surface area contributed by atoms with Gasteiger partial charge in [0.05, 0.1) is 7.11 Å². The van der Waals surface area contributed by atoms with Crippen molar-refractivity contribution in [2.75, 3.05) is 7.11 Å². The lowest BCUT2D eigenvalue weighted by Gasteiger charge is -2.19. The normalized spacial score (nSPS) is 20.1. The van der Waals surface area contributed by atoms with Crippen LogP contribution in [0.25, 0.3) is 32.7 Å². The number of benzene rings is 5. The summed E-state index contributed by atoms with van der Waals surface area (Å²) in [7, 11) is 1.65. The number of alkyl halides is 2. The summed E-state index contributed by atoms with van der Waals surface area (Å²) in [6.45, 7) is 1.77. The van der Waals surface area contributed by atoms with Crippen LogP contribution >= 0.6 is 23.2 Å². The Morgan fingerprint density at radius 3 is 1.81 bits per heavy atom. The predicted molar refractivity (Wildman–Crippen MR) is 151 cm³/mol. The molecule has 0 aromatic heterocycles. The fraction of sp³-hybridized carbons (Fsp3) is 0.156. The molecule has 37 heavy (non-hydrogen) atoms. The number of ether oxygens (including phenoxy) is 2. The maximum absolute atomic E-state index is 13.8. The largest absolute Gasteiger partial charge is 0.496 e. The smallest absolute Gasteiger partial charge is 0.321 e. The van der Waals surface area contributed by atoms with Gasteiger partial charge in [-0.1, -0.05) is 114 Å². The number of carbonyl (C=O) groups excluding carboxylic acids is 1. The molecule has 5 heteroatoms. The van der Waals surface area contributed by atoms with Crippen LogP contribution in [-0.4, -0.2) is 17.4 Å². The van der Waals surface area contributed by atoms with Gasteiger partial charge in [0.15, 0.2) is 0 Å². The zero-order valence-corrected chi connectivity index (χ0v) is 21.9. The molecule has 0 heterocycles. The fourth-order valence-electron chi connectivity index (χ4n) is 5.45. The number of carbonyl (C=O) groups is 1. The molecule has 2 atom stereocenters. The first-order chi connectivity index (χ1) is 17.9. The minimum Gasteiger partial charge on any atom is -0.496 e. The summed E-state index contributed by atoms with van der Waals surface area (Å²) in [5.74, 6) is 0.272. The van der Waals surface area contributed by atoms with Gasteiger partial charge in [-0.3, -0.25) is 4.79 Å². The average molecular weight is 527 g/mol. The van der Waals surface area contributed by atoms with E-state index in [0.29, 0.717) is 11.5 Å². The molecule has 0 bridgehead atoms. The summed E-state index contributed by atoms with van der Waals surface area (Å²) in [6, 6.07) is 33.5. The van der Waals surface area contributed by atoms with E-state index in [1.54, 1.807) is 14.0 Å². The van der Waals surface area contributed by atoms with Gasteiger partial charge in [0.25, 0.3) is 0 Å². The summed E-state index contributed by atoms with van der Waals surface area (Å²) in [4.78, 5) is 13.8. The van der Waals surface area contributed by atoms with Crippen LogP contribution in [0.5, 0.6) is 11.5 Å². The molecule has 1 aliphatic rings. The molecule has 3 nitrogen and oxygen atoms in total. The summed E-state index contributed by atoms with van der Waals surface area (Å²) in [5.41, 5.74) is 1.45. The Morgan fingerprint density at radius 1 is 0.703 bits per heavy atom. The molecule has 184 valence electrons. The second-order valence-electron chi connectivity index (χ2n) is 9.58. The van der Waals surface area contributed by atoms with Crippen LogP contribution in [0.15, 0.2) is 103 Å². The number of methoxy groups -OCH3 is 1. The van der Waals surface area contributed by atoms with Gasteiger partial charge in [-0.15, -0.1) is 0 Å². The summed E-state index contributed by atoms with van der Waals surface area (Å²) < 4.78 is 10.8. The van der Waals surface area contributed by atoms with E-state index in [0.717, 1.165) is 38.2 Å². The third kappa shape index (κ3) is 3.60. The van der Waals surface area contributed by atoms with Gasteiger partial charge in [-0.25, -0.2) is 0 Å². The zero-order valence-electron chi connectivity index (χ0n) is 20.4. The van der Waals surface area contributed by atoms with Crippen LogP contribution < -0.4 is 9.47 Å². The number of hydrogen-bond donors (Lipinski definition) is 0. The van der Waals surface area contributed by atoms with E-state index in [4.69, 9.17) is 32.7 Å². The van der Waals surface area contributed by atoms with Crippen molar-refractivity contribution in [2.45, 2.75) is 17.2 Å². The van der Waals surface area contributed by atoms with E-state index in [2.05, 4.69) is 12.1 Å². The molecule has 1 fully saturated rings. The molecule has 0 N–H and O–H groups in total. The van der Waals surface area contributed by atoms with E-state index in [-0.39, 0.29) is 5.92 Å². The summed E-state index contributed by atoms with van der Waals surface area (Å²) in [5, 5.41) is 4.03. The van der Waals surface area contributed by atoms with Crippen LogP contribution in [0, 0.1) is 5.41 Å². The highest BCUT2D eigenvalue weighted by atomic mass is 35.5. The van der Waals surface area contributed by atoms with E-state index in [1.807, 2.05) is 91.0 Å². The third-order valence-corrected chi connectivity index (χ3v) is 8.78. The van der Waals surface area contributed by atoms with Gasteiger partial charge in [-0.2, -0.15) is 0 Å². The maximum atomic E-state index is 13.8. The zero-order chi connectivity index (χ0) is 25.8. The summed E-state index contributed by atoms with van der Waals surface area (Å²) in [6.07, 6.45) is 0. The van der Waals surface area contributed by atoms with Crippen molar-refractivity contribution in [1.82, 2.24) is 0 Å². The van der Waals surface area contributed by atoms with Crippen molar-refractivity contribution in [2.24, 2.45) is 5.41 Å². The Morgan fingerprint density at radius 2 is 1.22 bits per heavy atom. The molecular formula is C32H24Cl2O3. The van der Waals surface area contributed by atoms with Crippen LogP contribution in [0.1, 0.15) is 18.4 Å². The van der Waals surface area contributed by atoms with Gasteiger partial charge < -0.3 is 9.47 Å². The van der Waals surface area contributed by atoms with Crippen molar-refractivity contribution in [3.8, 4) is 22.6 Å². The lowest BCUT2D eigenvalue weighted by atomic mass is 9.92. The number of esters is 1. The minimum atomic E-state index is -1.28. The molecule has 5 aromatic rings. The quantitative estimate of drug-likeness (QED) is 0.131. The molecule has 1 saturated carbocycles. The first-order valence-electron chi connectivity index (χ1n) is 12.1. The molecular weight excluding hydrogens is 503 g/mol. The second-order valence-corrected chi connectivity index (χ2v) is 11.0. The Kier molecular flexibility index (Phi) is 5.67. The van der Waals surface area contributed by atoms with Crippen molar-refractivity contribution in [3.63, 3.8) is 0 Å². The highest BCUT2D eigenvalue weighted by Crippen LogP contribution is 2.74. The minimum absolute atomic E-state index is 0.381. The first kappa shape index (κ1) is 23.8. The van der Waals surface area contributed by atoms with Crippen LogP contribution in [0.3, 0.4) is 0 Å². The highest BCUT2D eigenvalue weighted by molar-refractivity contribution is 6.54. The van der Waals surface area contributed by atoms with Crippen molar-refractivity contribution in [1.29, 1.82) is 0 Å². The molecule has 1 aliphatic carbocycles. The maximum Gasteiger partial charge on any atom is 0.321 e. The highest BCUT2D eigenvalue weighted by Gasteiger charge is 2.78. The molecule has 0 spiro atoms. The molecule has 0 radical (unpaired) electrons. The monoisotopic (exact) mass is 526 g/mol. The average Bonchev–Trinajstić information content (AvgIpc) is 3.40. The lowest BCUT2D eigenvalue weighted by molar-refractivity contribution is -0.140. The topological polar surface area (TPSA) is 35.5 Å². The number of rotatable bonds is 5. The Balaban J connectivity index is 1.52. The van der Waals surface area contributed by atoms with Gasteiger partial charge in [0.1, 0.15) is 21.2 Å². The Bertz CT molecular complexity index is 1660. The van der Waals surface area contributed by atoms with E-state index in [9.17, 15) is 4.79 Å². The van der Waals surface area contributed by atoms with Crippen molar-refractivity contribution < 1.29 is 14.3 Å². The lowest BCUT2D eigenvalue weighted by Crippen LogP contribution is -2.24. The standard InChI is InChI=1S/C32H24Cl2O3/c1-31(29(32(31,33)34)22-12-4-3-5-13-22)30(35)37-26-19-17-21-11-7-9-15-24(21)28(26)27-23-14-8-6-10-20(23)16-18-25(27)36-2/h3-19,29H,1-2H3/t29-,31+/m0/s1. The predicted octanol–water partition coefficient (Wildman–Crippen LogP) is 8.55. The van der Waals surface area contributed by atoms with E-state index < -0.39 is 15.7 Å². The molecule has 0 aliphatic heterocycles.